The quantitative estimate of drug-likeness (QED) is 0.326. The molecule has 0 aromatic carbocycles. The number of hydrogen-bond donors (Lipinski definition) is 1. The van der Waals surface area contributed by atoms with Crippen LogP contribution in [-0.4, -0.2) is 86.9 Å². The molecular formula is C19H38KNO3. The van der Waals surface area contributed by atoms with Crippen LogP contribution in [0.25, 0.3) is 0 Å². The van der Waals surface area contributed by atoms with Gasteiger partial charge in [-0.1, -0.05) is 84.0 Å². The first-order valence-electron chi connectivity index (χ1n) is 9.53. The molecule has 1 N–H and O–H groups in total. The first-order valence-corrected chi connectivity index (χ1v) is 9.53. The number of carbonyl (C=O) groups is 2. The molecular weight excluding hydrogens is 329 g/mol. The van der Waals surface area contributed by atoms with Crippen LogP contribution in [0.1, 0.15) is 96.8 Å². The standard InChI is InChI=1S/C19H37NO3.K.H/c1-3-4-5-6-7-8-9-10-11-12-13-14-15-16-18(21)20(2)17-19(22)23;;/h3-17H2,1-2H3,(H,22,23);;. The third kappa shape index (κ3) is 18.9. The number of rotatable bonds is 16. The number of carboxylic acids is 1. The fourth-order valence-electron chi connectivity index (χ4n) is 2.78. The topological polar surface area (TPSA) is 57.6 Å². The van der Waals surface area contributed by atoms with E-state index in [0.29, 0.717) is 6.42 Å². The van der Waals surface area contributed by atoms with Gasteiger partial charge in [-0.3, -0.25) is 9.59 Å². The van der Waals surface area contributed by atoms with Crippen molar-refractivity contribution in [3.8, 4) is 0 Å². The monoisotopic (exact) mass is 367 g/mol. The third-order valence-electron chi connectivity index (χ3n) is 4.29. The molecule has 0 aliphatic rings. The van der Waals surface area contributed by atoms with Crippen LogP contribution >= 0.6 is 0 Å². The Bertz CT molecular complexity index is 311. The number of unbranched alkanes of at least 4 members (excludes halogenated alkanes) is 12. The molecule has 0 spiro atoms. The second-order valence-electron chi connectivity index (χ2n) is 6.64. The zero-order chi connectivity index (χ0) is 17.3. The van der Waals surface area contributed by atoms with E-state index in [1.165, 1.54) is 75.5 Å². The Morgan fingerprint density at radius 3 is 1.50 bits per heavy atom. The van der Waals surface area contributed by atoms with E-state index in [4.69, 9.17) is 5.11 Å². The predicted molar refractivity (Wildman–Crippen MR) is 103 cm³/mol. The Labute approximate surface area is 191 Å². The molecule has 1 amide bonds. The fraction of sp³-hybridized carbons (Fsp3) is 0.895. The molecule has 0 aliphatic carbocycles. The van der Waals surface area contributed by atoms with E-state index in [0.717, 1.165) is 12.8 Å². The first-order chi connectivity index (χ1) is 11.1. The van der Waals surface area contributed by atoms with Crippen LogP contribution in [0.15, 0.2) is 0 Å². The molecule has 5 heteroatoms. The average Bonchev–Trinajstić information content (AvgIpc) is 2.51. The van der Waals surface area contributed by atoms with Gasteiger partial charge in [-0.05, 0) is 6.42 Å². The van der Waals surface area contributed by atoms with Gasteiger partial charge in [0.15, 0.2) is 0 Å². The molecule has 0 saturated heterocycles. The fourth-order valence-corrected chi connectivity index (χ4v) is 2.78. The molecule has 4 nitrogen and oxygen atoms in total. The number of hydrogen-bond acceptors (Lipinski definition) is 2. The van der Waals surface area contributed by atoms with Crippen LogP contribution in [0, 0.1) is 0 Å². The van der Waals surface area contributed by atoms with E-state index >= 15 is 0 Å². The van der Waals surface area contributed by atoms with Crippen molar-refractivity contribution in [2.75, 3.05) is 13.6 Å². The Morgan fingerprint density at radius 2 is 1.12 bits per heavy atom. The van der Waals surface area contributed by atoms with Crippen LogP contribution in [0.2, 0.25) is 0 Å². The summed E-state index contributed by atoms with van der Waals surface area (Å²) in [5.41, 5.74) is 0. The molecule has 0 aromatic heterocycles. The van der Waals surface area contributed by atoms with Gasteiger partial charge in [-0.15, -0.1) is 0 Å². The number of amides is 1. The summed E-state index contributed by atoms with van der Waals surface area (Å²) in [5, 5.41) is 8.62. The zero-order valence-corrected chi connectivity index (χ0v) is 15.3. The number of carboxylic acid groups (broad SMARTS) is 1. The van der Waals surface area contributed by atoms with E-state index in [1.807, 2.05) is 0 Å². The van der Waals surface area contributed by atoms with Gasteiger partial charge in [-0.25, -0.2) is 0 Å². The van der Waals surface area contributed by atoms with Crippen molar-refractivity contribution in [3.05, 3.63) is 0 Å². The molecule has 0 rings (SSSR count). The normalized spacial score (nSPS) is 10.2. The van der Waals surface area contributed by atoms with Crippen molar-refractivity contribution in [1.82, 2.24) is 4.90 Å². The van der Waals surface area contributed by atoms with Gasteiger partial charge >= 0.3 is 57.4 Å². The summed E-state index contributed by atoms with van der Waals surface area (Å²) in [6.07, 6.45) is 17.2. The van der Waals surface area contributed by atoms with Crippen molar-refractivity contribution in [3.63, 3.8) is 0 Å². The van der Waals surface area contributed by atoms with Gasteiger partial charge in [-0.2, -0.15) is 0 Å². The van der Waals surface area contributed by atoms with Crippen molar-refractivity contribution >= 4 is 63.3 Å². The molecule has 0 aliphatic heterocycles. The summed E-state index contributed by atoms with van der Waals surface area (Å²) in [6, 6.07) is 0. The average molecular weight is 368 g/mol. The van der Waals surface area contributed by atoms with Gasteiger partial charge < -0.3 is 10.0 Å². The van der Waals surface area contributed by atoms with Crippen LogP contribution in [-0.2, 0) is 9.59 Å². The van der Waals surface area contributed by atoms with E-state index < -0.39 is 5.97 Å². The van der Waals surface area contributed by atoms with Gasteiger partial charge in [0.1, 0.15) is 6.54 Å². The van der Waals surface area contributed by atoms with Gasteiger partial charge in [0.05, 0.1) is 0 Å². The Morgan fingerprint density at radius 1 is 0.750 bits per heavy atom. The summed E-state index contributed by atoms with van der Waals surface area (Å²) in [5.74, 6) is -1.01. The molecule has 0 radical (unpaired) electrons. The van der Waals surface area contributed by atoms with E-state index in [1.54, 1.807) is 7.05 Å². The van der Waals surface area contributed by atoms with Crippen molar-refractivity contribution in [1.29, 1.82) is 0 Å². The van der Waals surface area contributed by atoms with Crippen molar-refractivity contribution < 1.29 is 14.7 Å². The van der Waals surface area contributed by atoms with Crippen molar-refractivity contribution in [2.45, 2.75) is 96.8 Å². The molecule has 0 heterocycles. The molecule has 24 heavy (non-hydrogen) atoms. The molecule has 0 unspecified atom stereocenters. The molecule has 0 fully saturated rings. The number of aliphatic carboxylic acids is 1. The van der Waals surface area contributed by atoms with E-state index in [9.17, 15) is 9.59 Å². The summed E-state index contributed by atoms with van der Waals surface area (Å²) in [6.45, 7) is 2.06. The molecule has 138 valence electrons. The Kier molecular flexibility index (Phi) is 22.2. The minimum atomic E-state index is -0.953. The van der Waals surface area contributed by atoms with Gasteiger partial charge in [0.2, 0.25) is 5.91 Å². The Hall–Kier alpha value is 0.576. The predicted octanol–water partition coefficient (Wildman–Crippen LogP) is 4.36. The molecule has 0 bridgehead atoms. The number of nitrogens with zero attached hydrogens (tertiary/aromatic N) is 1. The summed E-state index contributed by atoms with van der Waals surface area (Å²) < 4.78 is 0. The number of likely N-dealkylation sites (N-methyl/N-ethyl adjacent to an activating group) is 1. The molecule has 0 atom stereocenters. The third-order valence-corrected chi connectivity index (χ3v) is 4.29. The first kappa shape index (κ1) is 26.8. The summed E-state index contributed by atoms with van der Waals surface area (Å²) >= 11 is 0. The van der Waals surface area contributed by atoms with Crippen molar-refractivity contribution in [2.24, 2.45) is 0 Å². The Balaban J connectivity index is 0. The maximum absolute atomic E-state index is 11.6. The van der Waals surface area contributed by atoms with Crippen LogP contribution < -0.4 is 0 Å². The van der Waals surface area contributed by atoms with Crippen LogP contribution in [0.4, 0.5) is 0 Å². The van der Waals surface area contributed by atoms with Crippen LogP contribution in [0.5, 0.6) is 0 Å². The molecule has 0 aromatic rings. The summed E-state index contributed by atoms with van der Waals surface area (Å²) in [7, 11) is 1.55. The SMILES string of the molecule is CCCCCCCCCCCCCCCC(=O)N(C)CC(=O)O.[KH]. The van der Waals surface area contributed by atoms with Gasteiger partial charge in [0, 0.05) is 13.5 Å². The second-order valence-corrected chi connectivity index (χ2v) is 6.64. The summed E-state index contributed by atoms with van der Waals surface area (Å²) in [4.78, 5) is 23.4. The van der Waals surface area contributed by atoms with Gasteiger partial charge in [0.25, 0.3) is 0 Å². The number of carbonyl (C=O) groups excluding carboxylic acids is 1. The minimum absolute atomic E-state index is 0. The maximum atomic E-state index is 11.6. The second kappa shape index (κ2) is 19.9. The van der Waals surface area contributed by atoms with E-state index in [-0.39, 0.29) is 63.8 Å². The van der Waals surface area contributed by atoms with E-state index in [2.05, 4.69) is 6.92 Å². The van der Waals surface area contributed by atoms with Crippen LogP contribution in [0.3, 0.4) is 0 Å². The zero-order valence-electron chi connectivity index (χ0n) is 15.3. The molecule has 0 saturated carbocycles.